The van der Waals surface area contributed by atoms with E-state index in [1.807, 2.05) is 0 Å². The third kappa shape index (κ3) is 0.666. The minimum Gasteiger partial charge on any atom is -0.145 e. The van der Waals surface area contributed by atoms with Gasteiger partial charge in [-0.3, -0.25) is 0 Å². The van der Waals surface area contributed by atoms with E-state index in [2.05, 4.69) is 9.59 Å². The van der Waals surface area contributed by atoms with Crippen LogP contribution in [0.3, 0.4) is 0 Å². The van der Waals surface area contributed by atoms with Gasteiger partial charge in [0.2, 0.25) is 0 Å². The van der Waals surface area contributed by atoms with E-state index in [1.165, 1.54) is 17.7 Å². The highest BCUT2D eigenvalue weighted by atomic mass is 35.5. The Labute approximate surface area is 43.9 Å². The van der Waals surface area contributed by atoms with Gasteiger partial charge in [-0.1, -0.05) is 16.1 Å². The second kappa shape index (κ2) is 1.53. The summed E-state index contributed by atoms with van der Waals surface area (Å²) in [5, 5.41) is 3.46. The fourth-order valence-electron chi connectivity index (χ4n) is 0.155. The molecule has 0 saturated heterocycles. The summed E-state index contributed by atoms with van der Waals surface area (Å²) < 4.78 is 4.12. The van der Waals surface area contributed by atoms with Gasteiger partial charge in [0.05, 0.1) is 6.20 Å². The first-order valence-electron chi connectivity index (χ1n) is 1.32. The summed E-state index contributed by atoms with van der Waals surface area (Å²) in [4.78, 5) is 0. The zero-order valence-electron chi connectivity index (χ0n) is 2.76. The summed E-state index contributed by atoms with van der Waals surface area (Å²) >= 11 is 6.53. The monoisotopic (exact) mass is 120 g/mol. The second-order valence-corrected chi connectivity index (χ2v) is 2.14. The first-order valence-corrected chi connectivity index (χ1v) is 2.47. The van der Waals surface area contributed by atoms with E-state index in [9.17, 15) is 0 Å². The van der Waals surface area contributed by atoms with Crippen molar-refractivity contribution in [1.82, 2.24) is 9.59 Å². The highest BCUT2D eigenvalue weighted by molar-refractivity contribution is 7.10. The molecule has 0 fully saturated rings. The maximum Gasteiger partial charge on any atom is 0.134 e. The Morgan fingerprint density at radius 3 is 2.83 bits per heavy atom. The lowest BCUT2D eigenvalue weighted by atomic mass is 11.0. The van der Waals surface area contributed by atoms with Crippen LogP contribution in [0.25, 0.3) is 0 Å². The van der Waals surface area contributed by atoms with Crippen LogP contribution in [0.5, 0.6) is 0 Å². The van der Waals surface area contributed by atoms with Crippen molar-refractivity contribution in [2.45, 2.75) is 0 Å². The standard InChI is InChI=1S/C2HClN2S/c3-2-1-4-5-6-2/h1H. The van der Waals surface area contributed by atoms with Crippen LogP contribution in [0.2, 0.25) is 4.34 Å². The smallest absolute Gasteiger partial charge is 0.134 e. The summed E-state index contributed by atoms with van der Waals surface area (Å²) in [7, 11) is 0. The van der Waals surface area contributed by atoms with E-state index in [1.54, 1.807) is 0 Å². The number of hydrogen-bond donors (Lipinski definition) is 0. The first-order chi connectivity index (χ1) is 2.89. The van der Waals surface area contributed by atoms with Crippen molar-refractivity contribution in [1.29, 1.82) is 0 Å². The van der Waals surface area contributed by atoms with E-state index < -0.39 is 0 Å². The predicted molar refractivity (Wildman–Crippen MR) is 24.9 cm³/mol. The van der Waals surface area contributed by atoms with E-state index in [-0.39, 0.29) is 0 Å². The molecule has 0 aliphatic rings. The van der Waals surface area contributed by atoms with E-state index in [4.69, 9.17) is 11.6 Å². The van der Waals surface area contributed by atoms with Crippen LogP contribution in [-0.4, -0.2) is 9.59 Å². The molecule has 0 radical (unpaired) electrons. The summed E-state index contributed by atoms with van der Waals surface area (Å²) in [6, 6.07) is 0. The summed E-state index contributed by atoms with van der Waals surface area (Å²) in [5.74, 6) is 0. The zero-order valence-corrected chi connectivity index (χ0v) is 4.33. The fraction of sp³-hybridized carbons (Fsp3) is 0. The van der Waals surface area contributed by atoms with Gasteiger partial charge in [-0.25, -0.2) is 0 Å². The van der Waals surface area contributed by atoms with Gasteiger partial charge in [-0.15, -0.1) is 5.10 Å². The lowest BCUT2D eigenvalue weighted by Gasteiger charge is -1.56. The topological polar surface area (TPSA) is 25.8 Å². The summed E-state index contributed by atoms with van der Waals surface area (Å²) in [5.41, 5.74) is 0. The van der Waals surface area contributed by atoms with Gasteiger partial charge < -0.3 is 0 Å². The molecule has 1 heterocycles. The van der Waals surface area contributed by atoms with Crippen molar-refractivity contribution < 1.29 is 0 Å². The average Bonchev–Trinajstić information content (AvgIpc) is 1.86. The number of rotatable bonds is 0. The summed E-state index contributed by atoms with van der Waals surface area (Å²) in [6.45, 7) is 0. The molecule has 6 heavy (non-hydrogen) atoms. The van der Waals surface area contributed by atoms with Crippen molar-refractivity contribution in [2.75, 3.05) is 0 Å². The molecule has 0 aliphatic heterocycles. The molecule has 0 unspecified atom stereocenters. The zero-order chi connectivity index (χ0) is 4.41. The maximum atomic E-state index is 5.35. The molecule has 1 aromatic heterocycles. The Bertz CT molecular complexity index is 115. The number of aromatic nitrogens is 2. The van der Waals surface area contributed by atoms with Gasteiger partial charge in [-0.05, 0) is 0 Å². The van der Waals surface area contributed by atoms with Gasteiger partial charge >= 0.3 is 0 Å². The quantitative estimate of drug-likeness (QED) is 0.514. The lowest BCUT2D eigenvalue weighted by Crippen LogP contribution is -1.51. The Morgan fingerprint density at radius 1 is 1.83 bits per heavy atom. The molecular weight excluding hydrogens is 120 g/mol. The Balaban J connectivity index is 3.05. The van der Waals surface area contributed by atoms with Crippen LogP contribution in [0.4, 0.5) is 0 Å². The second-order valence-electron chi connectivity index (χ2n) is 0.722. The van der Waals surface area contributed by atoms with E-state index in [0.29, 0.717) is 4.34 Å². The summed E-state index contributed by atoms with van der Waals surface area (Å²) in [6.07, 6.45) is 1.51. The Morgan fingerprint density at radius 2 is 2.67 bits per heavy atom. The highest BCUT2D eigenvalue weighted by Gasteiger charge is 1.81. The van der Waals surface area contributed by atoms with E-state index in [0.717, 1.165) is 0 Å². The highest BCUT2D eigenvalue weighted by Crippen LogP contribution is 2.07. The van der Waals surface area contributed by atoms with Gasteiger partial charge in [-0.2, -0.15) is 0 Å². The van der Waals surface area contributed by atoms with Gasteiger partial charge in [0.15, 0.2) is 0 Å². The predicted octanol–water partition coefficient (Wildman–Crippen LogP) is 1.19. The maximum absolute atomic E-state index is 5.35. The van der Waals surface area contributed by atoms with Crippen LogP contribution in [-0.2, 0) is 0 Å². The molecule has 0 amide bonds. The number of nitrogens with zero attached hydrogens (tertiary/aromatic N) is 2. The number of hydrogen-bond acceptors (Lipinski definition) is 3. The fourth-order valence-corrected chi connectivity index (χ4v) is 0.558. The molecular formula is C2HClN2S. The molecule has 32 valence electrons. The van der Waals surface area contributed by atoms with Crippen molar-refractivity contribution >= 4 is 23.1 Å². The Kier molecular flexibility index (Phi) is 1.03. The molecule has 0 N–H and O–H groups in total. The molecule has 1 rings (SSSR count). The minimum absolute atomic E-state index is 0.634. The normalized spacial score (nSPS) is 8.83. The average molecular weight is 121 g/mol. The molecule has 4 heteroatoms. The van der Waals surface area contributed by atoms with Gasteiger partial charge in [0, 0.05) is 11.5 Å². The first kappa shape index (κ1) is 4.02. The van der Waals surface area contributed by atoms with Crippen molar-refractivity contribution in [2.24, 2.45) is 0 Å². The molecule has 0 aromatic carbocycles. The molecule has 1 aromatic rings. The molecule has 0 aliphatic carbocycles. The molecule has 0 spiro atoms. The Hall–Kier alpha value is -0.150. The minimum atomic E-state index is 0.634. The lowest BCUT2D eigenvalue weighted by molar-refractivity contribution is 1.16. The van der Waals surface area contributed by atoms with E-state index >= 15 is 0 Å². The third-order valence-electron chi connectivity index (χ3n) is 0.334. The molecule has 0 bridgehead atoms. The molecule has 2 nitrogen and oxygen atoms in total. The SMILES string of the molecule is Clc1cnns1. The van der Waals surface area contributed by atoms with Crippen molar-refractivity contribution in [3.05, 3.63) is 10.5 Å². The van der Waals surface area contributed by atoms with Crippen LogP contribution in [0.15, 0.2) is 6.20 Å². The van der Waals surface area contributed by atoms with Crippen molar-refractivity contribution in [3.63, 3.8) is 0 Å². The largest absolute Gasteiger partial charge is 0.145 e. The van der Waals surface area contributed by atoms with Crippen LogP contribution in [0, 0.1) is 0 Å². The number of halogens is 1. The van der Waals surface area contributed by atoms with Gasteiger partial charge in [0.1, 0.15) is 4.34 Å². The van der Waals surface area contributed by atoms with Crippen LogP contribution in [0.1, 0.15) is 0 Å². The van der Waals surface area contributed by atoms with Crippen molar-refractivity contribution in [3.8, 4) is 0 Å². The van der Waals surface area contributed by atoms with Crippen LogP contribution >= 0.6 is 23.1 Å². The molecule has 0 atom stereocenters. The third-order valence-corrected chi connectivity index (χ3v) is 1.09. The van der Waals surface area contributed by atoms with Gasteiger partial charge in [0.25, 0.3) is 0 Å². The van der Waals surface area contributed by atoms with Crippen LogP contribution < -0.4 is 0 Å². The molecule has 0 saturated carbocycles.